The largest absolute Gasteiger partial charge is 0.472 e. The van der Waals surface area contributed by atoms with E-state index in [1.807, 2.05) is 6.92 Å². The van der Waals surface area contributed by atoms with Crippen LogP contribution in [0.4, 0.5) is 11.6 Å². The van der Waals surface area contributed by atoms with Gasteiger partial charge in [-0.15, -0.1) is 0 Å². The molecule has 4 aromatic rings. The van der Waals surface area contributed by atoms with Crippen molar-refractivity contribution >= 4 is 72.0 Å². The molecule has 2 aliphatic rings. The van der Waals surface area contributed by atoms with E-state index in [9.17, 15) is 43.3 Å². The zero-order valence-corrected chi connectivity index (χ0v) is 35.4. The maximum Gasteiger partial charge on any atom is 0.472 e. The molecule has 2 fully saturated rings. The lowest BCUT2D eigenvalue weighted by molar-refractivity contribution is -0.160. The van der Waals surface area contributed by atoms with Crippen molar-refractivity contribution in [1.82, 2.24) is 29.1 Å². The van der Waals surface area contributed by atoms with Crippen molar-refractivity contribution < 1.29 is 71.0 Å². The van der Waals surface area contributed by atoms with Gasteiger partial charge in [0.25, 0.3) is 0 Å². The summed E-state index contributed by atoms with van der Waals surface area (Å²) in [6, 6.07) is 4.98. The minimum absolute atomic E-state index is 0.00369. The fraction of sp³-hybridized carbons (Fsp3) is 0.469. The van der Waals surface area contributed by atoms with E-state index in [4.69, 9.17) is 45.2 Å². The number of aliphatic hydroxyl groups excluding tert-OH is 1. The molecule has 0 radical (unpaired) electrons. The molecular weight excluding hydrogens is 892 g/mol. The molecule has 3 aromatic heterocycles. The number of phosphoric ester groups is 2. The van der Waals surface area contributed by atoms with E-state index >= 15 is 0 Å². The molecule has 29 heteroatoms. The molecule has 2 aliphatic heterocycles. The third-order valence-corrected chi connectivity index (χ3v) is 12.9. The Morgan fingerprint density at radius 2 is 1.80 bits per heavy atom. The van der Waals surface area contributed by atoms with Crippen LogP contribution in [0.15, 0.2) is 52.8 Å². The first kappa shape index (κ1) is 46.5. The van der Waals surface area contributed by atoms with E-state index < -0.39 is 102 Å². The SMILES string of the molecule is CCSSc1cccc(C)c1OC(=O)C[C@H](N)C(=O)O[C@H]1[C@@H](O)[C@H](n2cnc3c(N)ncnc32)O[C@@H]1COP(=O)(O)OC1C[C@H](n2ccc(N)nc2=O)O[C@@H]1COP(=O)(O)O. The van der Waals surface area contributed by atoms with E-state index in [2.05, 4.69) is 24.5 Å². The van der Waals surface area contributed by atoms with E-state index in [1.165, 1.54) is 44.7 Å². The van der Waals surface area contributed by atoms with Gasteiger partial charge < -0.3 is 55.9 Å². The number of aryl methyl sites for hydroxylation is 1. The Balaban J connectivity index is 1.18. The van der Waals surface area contributed by atoms with Crippen LogP contribution in [0.1, 0.15) is 37.8 Å². The molecule has 61 heavy (non-hydrogen) atoms. The first-order valence-electron chi connectivity index (χ1n) is 18.0. The summed E-state index contributed by atoms with van der Waals surface area (Å²) in [6.45, 7) is 1.94. The first-order chi connectivity index (χ1) is 28.8. The number of carbonyl (C=O) groups excluding carboxylic acids is 2. The number of nitrogen functional groups attached to an aromatic ring is 2. The number of phosphoric acid groups is 2. The second-order valence-electron chi connectivity index (χ2n) is 13.3. The molecule has 2 saturated heterocycles. The molecule has 0 saturated carbocycles. The number of anilines is 2. The number of rotatable bonds is 18. The molecule has 25 nitrogen and oxygen atoms in total. The zero-order valence-electron chi connectivity index (χ0n) is 32.0. The van der Waals surface area contributed by atoms with Crippen molar-refractivity contribution in [3.05, 3.63) is 59.2 Å². The Morgan fingerprint density at radius 3 is 2.52 bits per heavy atom. The quantitative estimate of drug-likeness (QED) is 0.0312. The molecule has 0 bridgehead atoms. The summed E-state index contributed by atoms with van der Waals surface area (Å²) in [5.74, 6) is -1.07. The summed E-state index contributed by atoms with van der Waals surface area (Å²) in [6.07, 6.45) is -8.03. The highest BCUT2D eigenvalue weighted by molar-refractivity contribution is 8.76. The summed E-state index contributed by atoms with van der Waals surface area (Å²) in [7, 11) is -7.37. The van der Waals surface area contributed by atoms with Gasteiger partial charge in [-0.05, 0) is 24.6 Å². The second kappa shape index (κ2) is 19.6. The summed E-state index contributed by atoms with van der Waals surface area (Å²) >= 11 is 0. The van der Waals surface area contributed by atoms with E-state index in [1.54, 1.807) is 25.1 Å². The number of hydrogen-bond donors (Lipinski definition) is 7. The zero-order chi connectivity index (χ0) is 44.2. The second-order valence-corrected chi connectivity index (χ2v) is 18.6. The van der Waals surface area contributed by atoms with Crippen LogP contribution in [0, 0.1) is 6.92 Å². The van der Waals surface area contributed by atoms with Crippen LogP contribution >= 0.6 is 37.2 Å². The van der Waals surface area contributed by atoms with Gasteiger partial charge in [0.1, 0.15) is 60.1 Å². The molecule has 1 aromatic carbocycles. The van der Waals surface area contributed by atoms with Gasteiger partial charge in [-0.1, -0.05) is 40.6 Å². The summed E-state index contributed by atoms with van der Waals surface area (Å²) < 4.78 is 65.2. The van der Waals surface area contributed by atoms with Gasteiger partial charge in [-0.25, -0.2) is 28.9 Å². The number of nitrogens with zero attached hydrogens (tertiary/aromatic N) is 6. The van der Waals surface area contributed by atoms with Crippen LogP contribution < -0.4 is 27.6 Å². The lowest BCUT2D eigenvalue weighted by Gasteiger charge is -2.24. The van der Waals surface area contributed by atoms with Gasteiger partial charge in [-0.3, -0.25) is 32.3 Å². The molecule has 0 aliphatic carbocycles. The lowest BCUT2D eigenvalue weighted by Crippen LogP contribution is -2.44. The Labute approximate surface area is 352 Å². The normalized spacial score (nSPS) is 24.4. The molecular formula is C32H41N9O16P2S2. The van der Waals surface area contributed by atoms with Crippen molar-refractivity contribution in [3.63, 3.8) is 0 Å². The Kier molecular flexibility index (Phi) is 14.9. The monoisotopic (exact) mass is 933 g/mol. The van der Waals surface area contributed by atoms with Gasteiger partial charge >= 0.3 is 33.3 Å². The number of nitrogens with two attached hydrogens (primary N) is 3. The Bertz CT molecular complexity index is 2390. The smallest absolute Gasteiger partial charge is 0.455 e. The molecule has 10 N–H and O–H groups in total. The predicted octanol–water partition coefficient (Wildman–Crippen LogP) is 0.708. The highest BCUT2D eigenvalue weighted by atomic mass is 33.1. The number of hydrogen-bond acceptors (Lipinski definition) is 22. The van der Waals surface area contributed by atoms with Crippen molar-refractivity contribution in [1.29, 1.82) is 0 Å². The number of aromatic nitrogens is 6. The van der Waals surface area contributed by atoms with E-state index in [0.717, 1.165) is 16.6 Å². The van der Waals surface area contributed by atoms with Crippen LogP contribution in [0.25, 0.3) is 11.2 Å². The van der Waals surface area contributed by atoms with Crippen LogP contribution in [0.3, 0.4) is 0 Å². The molecule has 9 atom stereocenters. The molecule has 6 rings (SSSR count). The minimum Gasteiger partial charge on any atom is -0.455 e. The maximum absolute atomic E-state index is 13.5. The Morgan fingerprint density at radius 1 is 1.05 bits per heavy atom. The number of benzene rings is 1. The van der Waals surface area contributed by atoms with E-state index in [-0.39, 0.29) is 29.2 Å². The molecule has 0 amide bonds. The van der Waals surface area contributed by atoms with E-state index in [0.29, 0.717) is 16.2 Å². The van der Waals surface area contributed by atoms with Crippen LogP contribution in [0.2, 0.25) is 0 Å². The summed E-state index contributed by atoms with van der Waals surface area (Å²) in [5, 5.41) is 11.5. The number of imidazole rings is 1. The standard InChI is InChI=1S/C32H41N9O16P2S2/c1-3-60-61-20-6-4-5-15(2)26(20)55-23(42)9-16(33)31(44)56-27-19(54-30(25(27)43)41-14-38-24-28(35)36-13-37-29(24)41)12-52-59(49,50)57-17-10-22(40-8-7-21(34)39-32(40)45)53-18(17)11-51-58(46,47)48/h4-8,13-14,16-19,22,25,27,30,43H,3,9-12,33H2,1-2H3,(H,49,50)(H2,34,39,45)(H2,35,36,37)(H2,46,47,48)/t16-,17?,18+,19+,22+,25+,27+,30+/m0/s1. The molecule has 2 unspecified atom stereocenters. The summed E-state index contributed by atoms with van der Waals surface area (Å²) in [5.41, 5.74) is 17.6. The highest BCUT2D eigenvalue weighted by Crippen LogP contribution is 2.50. The molecule has 0 spiro atoms. The number of para-hydroxylation sites is 1. The number of fused-ring (bicyclic) bond motifs is 1. The van der Waals surface area contributed by atoms with Crippen LogP contribution in [0.5, 0.6) is 5.75 Å². The van der Waals surface area contributed by atoms with Gasteiger partial charge in [-0.2, -0.15) is 4.98 Å². The molecule has 5 heterocycles. The Hall–Kier alpha value is -4.05. The number of aliphatic hydroxyl groups is 1. The minimum atomic E-state index is -5.23. The van der Waals surface area contributed by atoms with Gasteiger partial charge in [0.2, 0.25) is 0 Å². The first-order valence-corrected chi connectivity index (χ1v) is 23.4. The third-order valence-electron chi connectivity index (χ3n) is 8.99. The maximum atomic E-state index is 13.5. The highest BCUT2D eigenvalue weighted by Gasteiger charge is 2.50. The fourth-order valence-corrected chi connectivity index (χ4v) is 9.27. The van der Waals surface area contributed by atoms with Crippen LogP contribution in [-0.2, 0) is 46.5 Å². The van der Waals surface area contributed by atoms with Gasteiger partial charge in [0.05, 0.1) is 30.9 Å². The van der Waals surface area contributed by atoms with Crippen LogP contribution in [-0.4, -0.2) is 116 Å². The predicted molar refractivity (Wildman–Crippen MR) is 213 cm³/mol. The van der Waals surface area contributed by atoms with Crippen molar-refractivity contribution in [2.45, 2.75) is 80.6 Å². The van der Waals surface area contributed by atoms with Gasteiger partial charge in [0, 0.05) is 18.4 Å². The van der Waals surface area contributed by atoms with Gasteiger partial charge in [0.15, 0.2) is 23.8 Å². The number of carbonyl (C=O) groups is 2. The fourth-order valence-electron chi connectivity index (χ4n) is 6.19. The molecule has 332 valence electrons. The van der Waals surface area contributed by atoms with Crippen molar-refractivity contribution in [2.75, 3.05) is 30.4 Å². The van der Waals surface area contributed by atoms with Crippen molar-refractivity contribution in [2.24, 2.45) is 5.73 Å². The lowest BCUT2D eigenvalue weighted by atomic mass is 10.1. The number of ether oxygens (including phenoxy) is 4. The average molecular weight is 934 g/mol. The topological polar surface area (TPSA) is 370 Å². The summed E-state index contributed by atoms with van der Waals surface area (Å²) in [4.78, 5) is 84.8. The van der Waals surface area contributed by atoms with Crippen molar-refractivity contribution in [3.8, 4) is 5.75 Å². The average Bonchev–Trinajstić information content (AvgIpc) is 3.88. The third kappa shape index (κ3) is 11.5. The number of esters is 2.